The molecule has 1 saturated heterocycles. The summed E-state index contributed by atoms with van der Waals surface area (Å²) in [6.45, 7) is -0.985. The van der Waals surface area contributed by atoms with E-state index in [9.17, 15) is 26.3 Å². The van der Waals surface area contributed by atoms with Crippen LogP contribution in [0.4, 0.5) is 26.3 Å². The molecule has 0 saturated carbocycles. The van der Waals surface area contributed by atoms with E-state index in [0.717, 1.165) is 21.9 Å². The molecule has 4 nitrogen and oxygen atoms in total. The quantitative estimate of drug-likeness (QED) is 0.610. The highest BCUT2D eigenvalue weighted by Gasteiger charge is 2.40. The molecule has 3 heterocycles. The van der Waals surface area contributed by atoms with Crippen molar-refractivity contribution in [3.63, 3.8) is 0 Å². The summed E-state index contributed by atoms with van der Waals surface area (Å²) in [5, 5.41) is -0.0329. The van der Waals surface area contributed by atoms with Crippen LogP contribution in [-0.4, -0.2) is 45.2 Å². The molecule has 0 N–H and O–H groups in total. The van der Waals surface area contributed by atoms with Gasteiger partial charge in [-0.15, -0.1) is 0 Å². The standard InChI is InChI=1S/C13H11ClF6N4/c14-10-8-1-9(13(18,19)20)24(11(8)22-6-21-10)4-7-2-23(3-7)5-12(15,16)17/h1,6-7H,2-5H2. The van der Waals surface area contributed by atoms with Crippen LogP contribution in [0.3, 0.4) is 0 Å². The van der Waals surface area contributed by atoms with Gasteiger partial charge in [0.15, 0.2) is 0 Å². The summed E-state index contributed by atoms with van der Waals surface area (Å²) in [6.07, 6.45) is -7.89. The van der Waals surface area contributed by atoms with Crippen LogP contribution in [0.2, 0.25) is 5.15 Å². The molecule has 24 heavy (non-hydrogen) atoms. The van der Waals surface area contributed by atoms with Crippen LogP contribution in [0.5, 0.6) is 0 Å². The van der Waals surface area contributed by atoms with Gasteiger partial charge in [-0.25, -0.2) is 9.97 Å². The van der Waals surface area contributed by atoms with Gasteiger partial charge in [-0.05, 0) is 6.07 Å². The van der Waals surface area contributed by atoms with Gasteiger partial charge in [0.05, 0.1) is 11.9 Å². The summed E-state index contributed by atoms with van der Waals surface area (Å²) in [5.41, 5.74) is -0.911. The fourth-order valence-corrected chi connectivity index (χ4v) is 3.07. The highest BCUT2D eigenvalue weighted by atomic mass is 35.5. The summed E-state index contributed by atoms with van der Waals surface area (Å²) in [6, 6.07) is 0.865. The largest absolute Gasteiger partial charge is 0.431 e. The van der Waals surface area contributed by atoms with Crippen LogP contribution < -0.4 is 0 Å². The van der Waals surface area contributed by atoms with E-state index in [1.54, 1.807) is 0 Å². The van der Waals surface area contributed by atoms with Crippen LogP contribution >= 0.6 is 11.6 Å². The molecule has 2 aromatic heterocycles. The van der Waals surface area contributed by atoms with Crippen molar-refractivity contribution in [2.75, 3.05) is 19.6 Å². The molecule has 1 aliphatic rings. The lowest BCUT2D eigenvalue weighted by Crippen LogP contribution is -2.51. The van der Waals surface area contributed by atoms with Crippen LogP contribution in [0.15, 0.2) is 12.4 Å². The molecule has 0 amide bonds. The zero-order valence-corrected chi connectivity index (χ0v) is 12.8. The van der Waals surface area contributed by atoms with E-state index < -0.39 is 24.6 Å². The number of fused-ring (bicyclic) bond motifs is 1. The smallest absolute Gasteiger partial charge is 0.321 e. The van der Waals surface area contributed by atoms with Crippen LogP contribution in [-0.2, 0) is 12.7 Å². The SMILES string of the molecule is FC(F)(F)CN1CC(Cn2c(C(F)(F)F)cc3c(Cl)ncnc32)C1. The van der Waals surface area contributed by atoms with Crippen LogP contribution in [0, 0.1) is 5.92 Å². The fourth-order valence-electron chi connectivity index (χ4n) is 2.89. The predicted molar refractivity (Wildman–Crippen MR) is 73.5 cm³/mol. The highest BCUT2D eigenvalue weighted by molar-refractivity contribution is 6.33. The maximum Gasteiger partial charge on any atom is 0.431 e. The Hall–Kier alpha value is -1.55. The maximum absolute atomic E-state index is 13.2. The van der Waals surface area contributed by atoms with E-state index in [-0.39, 0.29) is 41.7 Å². The molecule has 0 bridgehead atoms. The van der Waals surface area contributed by atoms with Gasteiger partial charge >= 0.3 is 12.4 Å². The second kappa shape index (κ2) is 5.76. The molecule has 0 radical (unpaired) electrons. The van der Waals surface area contributed by atoms with Crippen molar-refractivity contribution in [2.24, 2.45) is 5.92 Å². The zero-order chi connectivity index (χ0) is 17.7. The second-order valence-corrected chi connectivity index (χ2v) is 6.07. The molecule has 2 aromatic rings. The number of rotatable bonds is 3. The third kappa shape index (κ3) is 3.44. The Morgan fingerprint density at radius 3 is 2.38 bits per heavy atom. The number of nitrogens with zero attached hydrogens (tertiary/aromatic N) is 4. The number of hydrogen-bond acceptors (Lipinski definition) is 3. The summed E-state index contributed by atoms with van der Waals surface area (Å²) < 4.78 is 77.4. The lowest BCUT2D eigenvalue weighted by Gasteiger charge is -2.40. The fraction of sp³-hybridized carbons (Fsp3) is 0.538. The van der Waals surface area contributed by atoms with Gasteiger partial charge in [-0.1, -0.05) is 11.6 Å². The van der Waals surface area contributed by atoms with E-state index >= 15 is 0 Å². The van der Waals surface area contributed by atoms with Gasteiger partial charge in [-0.3, -0.25) is 4.90 Å². The molecule has 0 aliphatic carbocycles. The Kier molecular flexibility index (Phi) is 4.15. The third-order valence-corrected chi connectivity index (χ3v) is 4.11. The van der Waals surface area contributed by atoms with Gasteiger partial charge in [0, 0.05) is 25.6 Å². The summed E-state index contributed by atoms with van der Waals surface area (Å²) in [7, 11) is 0. The lowest BCUT2D eigenvalue weighted by atomic mass is 10.00. The molecule has 11 heteroatoms. The minimum Gasteiger partial charge on any atom is -0.321 e. The Labute approximate surface area is 137 Å². The Morgan fingerprint density at radius 1 is 1.12 bits per heavy atom. The zero-order valence-electron chi connectivity index (χ0n) is 12.0. The highest BCUT2D eigenvalue weighted by Crippen LogP contribution is 2.36. The van der Waals surface area contributed by atoms with E-state index in [2.05, 4.69) is 9.97 Å². The van der Waals surface area contributed by atoms with Gasteiger partial charge in [-0.2, -0.15) is 26.3 Å². The Bertz CT molecular complexity index is 747. The average molecular weight is 373 g/mol. The molecule has 0 unspecified atom stereocenters. The van der Waals surface area contributed by atoms with Crippen molar-refractivity contribution < 1.29 is 26.3 Å². The first kappa shape index (κ1) is 17.3. The number of hydrogen-bond donors (Lipinski definition) is 0. The molecule has 0 atom stereocenters. The normalized spacial score (nSPS) is 17.5. The first-order valence-electron chi connectivity index (χ1n) is 6.90. The molecular formula is C13H11ClF6N4. The summed E-state index contributed by atoms with van der Waals surface area (Å²) >= 11 is 5.81. The number of halogens is 7. The molecule has 1 fully saturated rings. The monoisotopic (exact) mass is 372 g/mol. The second-order valence-electron chi connectivity index (χ2n) is 5.71. The third-order valence-electron chi connectivity index (χ3n) is 3.81. The average Bonchev–Trinajstić information content (AvgIpc) is 2.75. The molecular weight excluding hydrogens is 362 g/mol. The minimum atomic E-state index is -4.63. The Morgan fingerprint density at radius 2 is 1.79 bits per heavy atom. The molecule has 0 spiro atoms. The van der Waals surface area contributed by atoms with Crippen molar-refractivity contribution in [1.82, 2.24) is 19.4 Å². The molecule has 132 valence electrons. The van der Waals surface area contributed by atoms with Crippen molar-refractivity contribution in [3.05, 3.63) is 23.2 Å². The molecule has 1 aliphatic heterocycles. The van der Waals surface area contributed by atoms with E-state index in [0.29, 0.717) is 0 Å². The summed E-state index contributed by atoms with van der Waals surface area (Å²) in [4.78, 5) is 8.63. The number of likely N-dealkylation sites (tertiary alicyclic amines) is 1. The van der Waals surface area contributed by atoms with Gasteiger partial charge in [0.2, 0.25) is 0 Å². The van der Waals surface area contributed by atoms with E-state index in [4.69, 9.17) is 11.6 Å². The van der Waals surface area contributed by atoms with Crippen molar-refractivity contribution >= 4 is 22.6 Å². The van der Waals surface area contributed by atoms with Crippen molar-refractivity contribution in [1.29, 1.82) is 0 Å². The molecule has 3 rings (SSSR count). The lowest BCUT2D eigenvalue weighted by molar-refractivity contribution is -0.159. The Balaban J connectivity index is 1.83. The predicted octanol–water partition coefficient (Wildman–Crippen LogP) is 3.60. The van der Waals surface area contributed by atoms with Gasteiger partial charge in [0.1, 0.15) is 22.8 Å². The summed E-state index contributed by atoms with van der Waals surface area (Å²) in [5.74, 6) is -0.321. The van der Waals surface area contributed by atoms with Crippen molar-refractivity contribution in [2.45, 2.75) is 18.9 Å². The minimum absolute atomic E-state index is 0.0246. The van der Waals surface area contributed by atoms with Crippen LogP contribution in [0.25, 0.3) is 11.0 Å². The van der Waals surface area contributed by atoms with E-state index in [1.807, 2.05) is 0 Å². The first-order valence-corrected chi connectivity index (χ1v) is 7.28. The first-order chi connectivity index (χ1) is 11.0. The molecule has 0 aromatic carbocycles. The number of alkyl halides is 6. The number of aromatic nitrogens is 3. The maximum atomic E-state index is 13.2. The van der Waals surface area contributed by atoms with Gasteiger partial charge < -0.3 is 4.57 Å². The van der Waals surface area contributed by atoms with Crippen LogP contribution in [0.1, 0.15) is 5.69 Å². The van der Waals surface area contributed by atoms with Crippen molar-refractivity contribution in [3.8, 4) is 0 Å². The van der Waals surface area contributed by atoms with Gasteiger partial charge in [0.25, 0.3) is 0 Å². The topological polar surface area (TPSA) is 34.0 Å². The van der Waals surface area contributed by atoms with E-state index in [1.165, 1.54) is 0 Å².